The van der Waals surface area contributed by atoms with Gasteiger partial charge in [-0.05, 0) is 43.0 Å². The van der Waals surface area contributed by atoms with E-state index >= 15 is 0 Å². The molecule has 68 valence electrons. The number of benzene rings is 1. The Hall–Kier alpha value is -1.18. The Bertz CT molecular complexity index is 342. The summed E-state index contributed by atoms with van der Waals surface area (Å²) in [6, 6.07) is 7.15. The number of nitrogen functional groups attached to an aromatic ring is 1. The summed E-state index contributed by atoms with van der Waals surface area (Å²) in [7, 11) is 0. The smallest absolute Gasteiger partial charge is 0.0403 e. The normalized spacial score (nSPS) is 20.5. The van der Waals surface area contributed by atoms with Crippen molar-refractivity contribution in [1.82, 2.24) is 0 Å². The summed E-state index contributed by atoms with van der Waals surface area (Å²) in [6.45, 7) is 1.20. The molecule has 1 aromatic rings. The molecule has 0 spiro atoms. The predicted octanol–water partition coefficient (Wildman–Crippen LogP) is 1.79. The molecule has 1 saturated carbocycles. The molecular formula is C11H14N2. The highest BCUT2D eigenvalue weighted by Crippen LogP contribution is 2.38. The van der Waals surface area contributed by atoms with Crippen molar-refractivity contribution in [2.75, 3.05) is 17.2 Å². The van der Waals surface area contributed by atoms with Crippen molar-refractivity contribution in [1.29, 1.82) is 0 Å². The quantitative estimate of drug-likeness (QED) is 0.658. The topological polar surface area (TPSA) is 29.3 Å². The Balaban J connectivity index is 2.01. The van der Waals surface area contributed by atoms with Crippen LogP contribution in [0.15, 0.2) is 18.2 Å². The Morgan fingerprint density at radius 2 is 2.15 bits per heavy atom. The first kappa shape index (κ1) is 7.25. The van der Waals surface area contributed by atoms with E-state index in [0.29, 0.717) is 0 Å². The summed E-state index contributed by atoms with van der Waals surface area (Å²) in [6.07, 6.45) is 3.94. The van der Waals surface area contributed by atoms with Crippen molar-refractivity contribution in [3.05, 3.63) is 23.8 Å². The predicted molar refractivity (Wildman–Crippen MR) is 54.9 cm³/mol. The van der Waals surface area contributed by atoms with Gasteiger partial charge < -0.3 is 10.6 Å². The molecule has 1 aliphatic carbocycles. The van der Waals surface area contributed by atoms with Crippen molar-refractivity contribution in [3.8, 4) is 0 Å². The van der Waals surface area contributed by atoms with E-state index in [2.05, 4.69) is 17.0 Å². The van der Waals surface area contributed by atoms with E-state index in [9.17, 15) is 0 Å². The molecule has 1 aromatic carbocycles. The fourth-order valence-corrected chi connectivity index (χ4v) is 2.21. The summed E-state index contributed by atoms with van der Waals surface area (Å²) < 4.78 is 0. The molecule has 1 heterocycles. The summed E-state index contributed by atoms with van der Waals surface area (Å²) in [5.41, 5.74) is 9.51. The van der Waals surface area contributed by atoms with Gasteiger partial charge in [-0.1, -0.05) is 0 Å². The van der Waals surface area contributed by atoms with Crippen LogP contribution in [0.5, 0.6) is 0 Å². The fraction of sp³-hybridized carbons (Fsp3) is 0.455. The first-order valence-electron chi connectivity index (χ1n) is 4.99. The maximum absolute atomic E-state index is 5.75. The van der Waals surface area contributed by atoms with E-state index in [0.717, 1.165) is 11.7 Å². The van der Waals surface area contributed by atoms with E-state index in [1.54, 1.807) is 0 Å². The average Bonchev–Trinajstić information content (AvgIpc) is 2.87. The van der Waals surface area contributed by atoms with Crippen LogP contribution in [0.25, 0.3) is 0 Å². The van der Waals surface area contributed by atoms with Crippen LogP contribution in [-0.2, 0) is 6.42 Å². The van der Waals surface area contributed by atoms with E-state index in [1.165, 1.54) is 37.1 Å². The summed E-state index contributed by atoms with van der Waals surface area (Å²) in [5.74, 6) is 0. The van der Waals surface area contributed by atoms with E-state index in [-0.39, 0.29) is 0 Å². The first-order valence-corrected chi connectivity index (χ1v) is 4.99. The monoisotopic (exact) mass is 174 g/mol. The molecule has 2 aliphatic rings. The van der Waals surface area contributed by atoms with Crippen LogP contribution in [-0.4, -0.2) is 12.6 Å². The number of fused-ring (bicyclic) bond motifs is 1. The van der Waals surface area contributed by atoms with Gasteiger partial charge in [-0.3, -0.25) is 0 Å². The molecule has 13 heavy (non-hydrogen) atoms. The van der Waals surface area contributed by atoms with Crippen molar-refractivity contribution in [2.24, 2.45) is 0 Å². The Kier molecular flexibility index (Phi) is 1.34. The maximum Gasteiger partial charge on any atom is 0.0403 e. The first-order chi connectivity index (χ1) is 6.34. The van der Waals surface area contributed by atoms with Crippen LogP contribution in [0.1, 0.15) is 18.4 Å². The molecule has 0 atom stereocenters. The lowest BCUT2D eigenvalue weighted by atomic mass is 10.1. The molecule has 0 amide bonds. The van der Waals surface area contributed by atoms with Crippen LogP contribution in [0, 0.1) is 0 Å². The van der Waals surface area contributed by atoms with Gasteiger partial charge in [0, 0.05) is 24.0 Å². The minimum atomic E-state index is 0.838. The van der Waals surface area contributed by atoms with Gasteiger partial charge in [-0.15, -0.1) is 0 Å². The van der Waals surface area contributed by atoms with Crippen molar-refractivity contribution < 1.29 is 0 Å². The second-order valence-corrected chi connectivity index (χ2v) is 4.06. The Morgan fingerprint density at radius 3 is 2.92 bits per heavy atom. The minimum absolute atomic E-state index is 0.838. The number of rotatable bonds is 1. The van der Waals surface area contributed by atoms with E-state index in [1.807, 2.05) is 6.07 Å². The summed E-state index contributed by atoms with van der Waals surface area (Å²) in [4.78, 5) is 2.54. The highest BCUT2D eigenvalue weighted by molar-refractivity contribution is 5.64. The molecular weight excluding hydrogens is 160 g/mol. The summed E-state index contributed by atoms with van der Waals surface area (Å²) >= 11 is 0. The molecule has 0 bridgehead atoms. The van der Waals surface area contributed by atoms with Crippen molar-refractivity contribution >= 4 is 11.4 Å². The zero-order valence-corrected chi connectivity index (χ0v) is 7.66. The van der Waals surface area contributed by atoms with Crippen LogP contribution >= 0.6 is 0 Å². The molecule has 2 N–H and O–H groups in total. The second kappa shape index (κ2) is 2.41. The van der Waals surface area contributed by atoms with Crippen molar-refractivity contribution in [2.45, 2.75) is 25.3 Å². The van der Waals surface area contributed by atoms with E-state index < -0.39 is 0 Å². The number of anilines is 2. The summed E-state index contributed by atoms with van der Waals surface area (Å²) in [5, 5.41) is 0. The molecule has 2 heteroatoms. The molecule has 0 saturated heterocycles. The number of hydrogen-bond donors (Lipinski definition) is 1. The zero-order chi connectivity index (χ0) is 8.84. The highest BCUT2D eigenvalue weighted by Gasteiger charge is 2.32. The molecule has 0 unspecified atom stereocenters. The third-order valence-corrected chi connectivity index (χ3v) is 3.02. The molecule has 1 aliphatic heterocycles. The molecule has 0 radical (unpaired) electrons. The molecule has 2 nitrogen and oxygen atoms in total. The number of nitrogens with zero attached hydrogens (tertiary/aromatic N) is 1. The second-order valence-electron chi connectivity index (χ2n) is 4.06. The van der Waals surface area contributed by atoms with Crippen molar-refractivity contribution in [3.63, 3.8) is 0 Å². The fourth-order valence-electron chi connectivity index (χ4n) is 2.21. The van der Waals surface area contributed by atoms with Crippen LogP contribution in [0.2, 0.25) is 0 Å². The Morgan fingerprint density at radius 1 is 1.31 bits per heavy atom. The lowest BCUT2D eigenvalue weighted by Gasteiger charge is -2.18. The molecule has 1 fully saturated rings. The van der Waals surface area contributed by atoms with Gasteiger partial charge in [0.05, 0.1) is 0 Å². The van der Waals surface area contributed by atoms with Gasteiger partial charge >= 0.3 is 0 Å². The van der Waals surface area contributed by atoms with Gasteiger partial charge in [-0.25, -0.2) is 0 Å². The third kappa shape index (κ3) is 1.09. The third-order valence-electron chi connectivity index (χ3n) is 3.02. The Labute approximate surface area is 78.3 Å². The average molecular weight is 174 g/mol. The lowest BCUT2D eigenvalue weighted by Crippen LogP contribution is -2.22. The van der Waals surface area contributed by atoms with Gasteiger partial charge in [-0.2, -0.15) is 0 Å². The SMILES string of the molecule is Nc1ccc2c(c1)CCN2C1CC1. The number of hydrogen-bond acceptors (Lipinski definition) is 2. The van der Waals surface area contributed by atoms with Gasteiger partial charge in [0.1, 0.15) is 0 Å². The largest absolute Gasteiger partial charge is 0.399 e. The van der Waals surface area contributed by atoms with Crippen LogP contribution < -0.4 is 10.6 Å². The van der Waals surface area contributed by atoms with Crippen LogP contribution in [0.4, 0.5) is 11.4 Å². The van der Waals surface area contributed by atoms with Gasteiger partial charge in [0.25, 0.3) is 0 Å². The van der Waals surface area contributed by atoms with Gasteiger partial charge in [0.2, 0.25) is 0 Å². The lowest BCUT2D eigenvalue weighted by molar-refractivity contribution is 0.831. The standard InChI is InChI=1S/C11H14N2/c12-9-1-4-11-8(7-9)5-6-13(11)10-2-3-10/h1,4,7,10H,2-3,5-6,12H2. The maximum atomic E-state index is 5.75. The highest BCUT2D eigenvalue weighted by atomic mass is 15.2. The van der Waals surface area contributed by atoms with E-state index in [4.69, 9.17) is 5.73 Å². The van der Waals surface area contributed by atoms with Crippen LogP contribution in [0.3, 0.4) is 0 Å². The molecule has 0 aromatic heterocycles. The molecule has 3 rings (SSSR count). The van der Waals surface area contributed by atoms with Gasteiger partial charge in [0.15, 0.2) is 0 Å². The zero-order valence-electron chi connectivity index (χ0n) is 7.66. The minimum Gasteiger partial charge on any atom is -0.399 e. The number of nitrogens with two attached hydrogens (primary N) is 1.